The van der Waals surface area contributed by atoms with Gasteiger partial charge in [0.1, 0.15) is 5.75 Å². The summed E-state index contributed by atoms with van der Waals surface area (Å²) >= 11 is 0. The number of aryl methyl sites for hydroxylation is 1. The average Bonchev–Trinajstić information content (AvgIpc) is 2.73. The normalized spacial score (nSPS) is 11.7. The molecule has 1 unspecified atom stereocenters. The summed E-state index contributed by atoms with van der Waals surface area (Å²) in [5.74, 6) is 0.470. The number of amides is 1. The Morgan fingerprint density at radius 1 is 1.14 bits per heavy atom. The molecule has 1 amide bonds. The fourth-order valence-electron chi connectivity index (χ4n) is 2.90. The van der Waals surface area contributed by atoms with E-state index in [1.165, 1.54) is 17.0 Å². The van der Waals surface area contributed by atoms with Crippen LogP contribution in [0, 0.1) is 13.8 Å². The first-order valence-electron chi connectivity index (χ1n) is 9.58. The van der Waals surface area contributed by atoms with Crippen LogP contribution in [0.4, 0.5) is 0 Å². The van der Waals surface area contributed by atoms with Crippen LogP contribution in [-0.4, -0.2) is 28.1 Å². The minimum atomic E-state index is -0.634. The van der Waals surface area contributed by atoms with Gasteiger partial charge in [0.2, 0.25) is 0 Å². The highest BCUT2D eigenvalue weighted by molar-refractivity contribution is 5.80. The number of hydrogen-bond donors (Lipinski definition) is 1. The second-order valence-corrected chi connectivity index (χ2v) is 6.92. The Kier molecular flexibility index (Phi) is 6.44. The van der Waals surface area contributed by atoms with Crippen LogP contribution in [0.2, 0.25) is 0 Å². The minimum Gasteiger partial charge on any atom is -0.481 e. The molecule has 2 aromatic carbocycles. The van der Waals surface area contributed by atoms with E-state index in [-0.39, 0.29) is 11.5 Å². The Balaban J connectivity index is 1.54. The van der Waals surface area contributed by atoms with Crippen LogP contribution < -0.4 is 15.6 Å². The first-order valence-corrected chi connectivity index (χ1v) is 9.58. The van der Waals surface area contributed by atoms with Gasteiger partial charge in [-0.2, -0.15) is 0 Å². The number of carbonyl (C=O) groups excluding carboxylic acids is 1. The number of hydrogen-bond acceptors (Lipinski definition) is 4. The maximum atomic E-state index is 12.3. The molecule has 1 N–H and O–H groups in total. The van der Waals surface area contributed by atoms with Gasteiger partial charge in [0, 0.05) is 24.7 Å². The van der Waals surface area contributed by atoms with Crippen LogP contribution in [0.3, 0.4) is 0 Å². The molecule has 1 heterocycles. The van der Waals surface area contributed by atoms with Gasteiger partial charge in [0.25, 0.3) is 11.5 Å². The zero-order valence-corrected chi connectivity index (χ0v) is 16.9. The van der Waals surface area contributed by atoms with E-state index in [9.17, 15) is 9.59 Å². The van der Waals surface area contributed by atoms with Crippen LogP contribution in [0.25, 0.3) is 11.3 Å². The fraction of sp³-hybridized carbons (Fsp3) is 0.261. The molecule has 29 heavy (non-hydrogen) atoms. The molecule has 1 aromatic heterocycles. The molecule has 6 nitrogen and oxygen atoms in total. The Morgan fingerprint density at radius 2 is 1.90 bits per heavy atom. The van der Waals surface area contributed by atoms with Gasteiger partial charge >= 0.3 is 0 Å². The van der Waals surface area contributed by atoms with E-state index in [2.05, 4.69) is 10.3 Å². The lowest BCUT2D eigenvalue weighted by Crippen LogP contribution is -2.39. The second-order valence-electron chi connectivity index (χ2n) is 6.92. The highest BCUT2D eigenvalue weighted by Gasteiger charge is 2.15. The number of rotatable bonds is 7. The molecular weight excluding hydrogens is 366 g/mol. The quantitative estimate of drug-likeness (QED) is 0.672. The summed E-state index contributed by atoms with van der Waals surface area (Å²) in [4.78, 5) is 29.0. The van der Waals surface area contributed by atoms with Crippen molar-refractivity contribution in [3.05, 3.63) is 82.4 Å². The molecule has 0 bridgehead atoms. The standard InChI is InChI=1S/C23H25N3O3/c1-16-8-7-11-21(17(16)2)29-18(3)23(28)24-12-13-26-15-25-20(14-22(26)27)19-9-5-4-6-10-19/h4-11,14-15,18H,12-13H2,1-3H3,(H,24,28). The molecule has 0 spiro atoms. The van der Waals surface area contributed by atoms with Crippen molar-refractivity contribution in [3.63, 3.8) is 0 Å². The number of nitrogens with one attached hydrogen (secondary N) is 1. The summed E-state index contributed by atoms with van der Waals surface area (Å²) in [7, 11) is 0. The Bertz CT molecular complexity index is 1040. The average molecular weight is 391 g/mol. The summed E-state index contributed by atoms with van der Waals surface area (Å²) in [6.07, 6.45) is 0.873. The molecule has 3 rings (SSSR count). The SMILES string of the molecule is Cc1cccc(OC(C)C(=O)NCCn2cnc(-c3ccccc3)cc2=O)c1C. The second kappa shape index (κ2) is 9.19. The highest BCUT2D eigenvalue weighted by atomic mass is 16.5. The first-order chi connectivity index (χ1) is 14.0. The fourth-order valence-corrected chi connectivity index (χ4v) is 2.90. The van der Waals surface area contributed by atoms with E-state index >= 15 is 0 Å². The maximum Gasteiger partial charge on any atom is 0.260 e. The molecule has 0 fully saturated rings. The number of nitrogens with zero attached hydrogens (tertiary/aromatic N) is 2. The van der Waals surface area contributed by atoms with Crippen LogP contribution in [0.15, 0.2) is 65.7 Å². The van der Waals surface area contributed by atoms with E-state index in [1.54, 1.807) is 6.92 Å². The minimum absolute atomic E-state index is 0.159. The lowest BCUT2D eigenvalue weighted by atomic mass is 10.1. The van der Waals surface area contributed by atoms with Crippen molar-refractivity contribution in [2.45, 2.75) is 33.4 Å². The molecule has 0 aliphatic heterocycles. The number of ether oxygens (including phenoxy) is 1. The number of benzene rings is 2. The van der Waals surface area contributed by atoms with Crippen molar-refractivity contribution in [2.24, 2.45) is 0 Å². The van der Waals surface area contributed by atoms with Gasteiger partial charge in [-0.3, -0.25) is 14.2 Å². The van der Waals surface area contributed by atoms with E-state index in [0.717, 1.165) is 16.7 Å². The smallest absolute Gasteiger partial charge is 0.260 e. The van der Waals surface area contributed by atoms with Crippen LogP contribution >= 0.6 is 0 Å². The summed E-state index contributed by atoms with van der Waals surface area (Å²) in [5.41, 5.74) is 3.49. The van der Waals surface area contributed by atoms with Gasteiger partial charge in [0.15, 0.2) is 6.10 Å². The van der Waals surface area contributed by atoms with Gasteiger partial charge < -0.3 is 10.1 Å². The first kappa shape index (κ1) is 20.3. The molecule has 3 aromatic rings. The third kappa shape index (κ3) is 5.10. The van der Waals surface area contributed by atoms with Crippen LogP contribution in [0.1, 0.15) is 18.1 Å². The predicted octanol–water partition coefficient (Wildman–Crippen LogP) is 3.11. The van der Waals surface area contributed by atoms with Crippen molar-refractivity contribution < 1.29 is 9.53 Å². The number of carbonyl (C=O) groups is 1. The Hall–Kier alpha value is -3.41. The van der Waals surface area contributed by atoms with Crippen molar-refractivity contribution in [1.29, 1.82) is 0 Å². The topological polar surface area (TPSA) is 73.2 Å². The van der Waals surface area contributed by atoms with Crippen molar-refractivity contribution in [3.8, 4) is 17.0 Å². The Labute approximate surface area is 170 Å². The summed E-state index contributed by atoms with van der Waals surface area (Å²) in [6, 6.07) is 16.8. The maximum absolute atomic E-state index is 12.3. The third-order valence-electron chi connectivity index (χ3n) is 4.83. The van der Waals surface area contributed by atoms with Crippen LogP contribution in [0.5, 0.6) is 5.75 Å². The molecule has 6 heteroatoms. The van der Waals surface area contributed by atoms with Gasteiger partial charge in [-0.25, -0.2) is 4.98 Å². The lowest BCUT2D eigenvalue weighted by Gasteiger charge is -2.17. The van der Waals surface area contributed by atoms with E-state index in [1.807, 2.05) is 62.4 Å². The van der Waals surface area contributed by atoms with Crippen molar-refractivity contribution >= 4 is 5.91 Å². The molecule has 150 valence electrons. The molecule has 0 saturated heterocycles. The van der Waals surface area contributed by atoms with Crippen LogP contribution in [-0.2, 0) is 11.3 Å². The lowest BCUT2D eigenvalue weighted by molar-refractivity contribution is -0.127. The Morgan fingerprint density at radius 3 is 2.62 bits per heavy atom. The molecule has 0 aliphatic carbocycles. The molecule has 0 aliphatic rings. The molecule has 0 radical (unpaired) electrons. The summed E-state index contributed by atoms with van der Waals surface area (Å²) in [5, 5.41) is 2.81. The third-order valence-corrected chi connectivity index (χ3v) is 4.83. The van der Waals surface area contributed by atoms with Crippen molar-refractivity contribution in [1.82, 2.24) is 14.9 Å². The predicted molar refractivity (Wildman–Crippen MR) is 113 cm³/mol. The monoisotopic (exact) mass is 391 g/mol. The molecule has 0 saturated carbocycles. The van der Waals surface area contributed by atoms with Gasteiger partial charge in [-0.05, 0) is 38.0 Å². The van der Waals surface area contributed by atoms with Gasteiger partial charge in [-0.15, -0.1) is 0 Å². The highest BCUT2D eigenvalue weighted by Crippen LogP contribution is 2.21. The van der Waals surface area contributed by atoms with Gasteiger partial charge in [0.05, 0.1) is 12.0 Å². The zero-order valence-electron chi connectivity index (χ0n) is 16.9. The summed E-state index contributed by atoms with van der Waals surface area (Å²) in [6.45, 7) is 6.32. The van der Waals surface area contributed by atoms with E-state index < -0.39 is 6.10 Å². The van der Waals surface area contributed by atoms with Gasteiger partial charge in [-0.1, -0.05) is 42.5 Å². The molecule has 1 atom stereocenters. The number of aromatic nitrogens is 2. The summed E-state index contributed by atoms with van der Waals surface area (Å²) < 4.78 is 7.26. The largest absolute Gasteiger partial charge is 0.481 e. The van der Waals surface area contributed by atoms with Crippen molar-refractivity contribution in [2.75, 3.05) is 6.54 Å². The molecular formula is C23H25N3O3. The van der Waals surface area contributed by atoms with E-state index in [0.29, 0.717) is 24.5 Å². The zero-order chi connectivity index (χ0) is 20.8. The van der Waals surface area contributed by atoms with E-state index in [4.69, 9.17) is 4.74 Å².